The second kappa shape index (κ2) is 4.66. The van der Waals surface area contributed by atoms with Crippen molar-refractivity contribution in [3.8, 4) is 0 Å². The monoisotopic (exact) mass is 220 g/mol. The molecule has 1 unspecified atom stereocenters. The molecule has 3 N–H and O–H groups in total. The molecule has 0 aliphatic heterocycles. The molecule has 0 radical (unpaired) electrons. The molecule has 0 aliphatic carbocycles. The van der Waals surface area contributed by atoms with Gasteiger partial charge in [-0.2, -0.15) is 0 Å². The predicted octanol–water partition coefficient (Wildman–Crippen LogP) is 1.69. The van der Waals surface area contributed by atoms with Crippen LogP contribution in [0, 0.1) is 6.92 Å². The third-order valence-corrected chi connectivity index (χ3v) is 2.70. The highest BCUT2D eigenvalue weighted by Gasteiger charge is 2.33. The predicted molar refractivity (Wildman–Crippen MR) is 66.0 cm³/mol. The van der Waals surface area contributed by atoms with E-state index >= 15 is 0 Å². The van der Waals surface area contributed by atoms with Crippen molar-refractivity contribution >= 4 is 5.91 Å². The zero-order chi connectivity index (χ0) is 12.3. The Bertz CT molecular complexity index is 370. The van der Waals surface area contributed by atoms with Crippen molar-refractivity contribution in [1.29, 1.82) is 0 Å². The molecule has 1 amide bonds. The van der Waals surface area contributed by atoms with E-state index in [0.717, 1.165) is 5.56 Å². The van der Waals surface area contributed by atoms with E-state index in [1.54, 1.807) is 0 Å². The van der Waals surface area contributed by atoms with Crippen LogP contribution in [0.3, 0.4) is 0 Å². The highest BCUT2D eigenvalue weighted by atomic mass is 16.1. The van der Waals surface area contributed by atoms with E-state index in [1.807, 2.05) is 52.0 Å². The third kappa shape index (κ3) is 2.61. The molecule has 3 nitrogen and oxygen atoms in total. The Balaban J connectivity index is 3.11. The van der Waals surface area contributed by atoms with Crippen LogP contribution in [0.5, 0.6) is 0 Å². The third-order valence-electron chi connectivity index (χ3n) is 2.70. The molecule has 0 aromatic heterocycles. The molecule has 0 bridgehead atoms. The number of rotatable bonds is 4. The number of carbonyl (C=O) groups excluding carboxylic acids is 1. The lowest BCUT2D eigenvalue weighted by Gasteiger charge is -2.30. The van der Waals surface area contributed by atoms with Gasteiger partial charge in [0, 0.05) is 6.04 Å². The Morgan fingerprint density at radius 1 is 1.31 bits per heavy atom. The highest BCUT2D eigenvalue weighted by molar-refractivity contribution is 5.85. The molecular formula is C13H20N2O. The molecule has 0 saturated carbocycles. The van der Waals surface area contributed by atoms with Gasteiger partial charge in [0.25, 0.3) is 0 Å². The van der Waals surface area contributed by atoms with Gasteiger partial charge in [-0.3, -0.25) is 10.1 Å². The summed E-state index contributed by atoms with van der Waals surface area (Å²) in [5, 5.41) is 3.22. The number of primary amides is 1. The second-order valence-electron chi connectivity index (χ2n) is 4.65. The van der Waals surface area contributed by atoms with Gasteiger partial charge in [-0.15, -0.1) is 0 Å². The first-order valence-corrected chi connectivity index (χ1v) is 5.51. The van der Waals surface area contributed by atoms with Crippen molar-refractivity contribution in [2.24, 2.45) is 5.73 Å². The molecule has 1 atom stereocenters. The minimum absolute atomic E-state index is 0.193. The van der Waals surface area contributed by atoms with Crippen molar-refractivity contribution in [3.05, 3.63) is 35.4 Å². The summed E-state index contributed by atoms with van der Waals surface area (Å²) in [6.45, 7) is 7.83. The lowest BCUT2D eigenvalue weighted by atomic mass is 9.90. The fraction of sp³-hybridized carbons (Fsp3) is 0.462. The van der Waals surface area contributed by atoms with Crippen LogP contribution in [0.15, 0.2) is 24.3 Å². The maximum absolute atomic E-state index is 11.6. The lowest BCUT2D eigenvalue weighted by Crippen LogP contribution is -2.52. The van der Waals surface area contributed by atoms with Gasteiger partial charge in [0.2, 0.25) is 5.91 Å². The summed E-state index contributed by atoms with van der Waals surface area (Å²) in [6.07, 6.45) is 0. The summed E-state index contributed by atoms with van der Waals surface area (Å²) >= 11 is 0. The molecule has 88 valence electrons. The Morgan fingerprint density at radius 2 is 1.81 bits per heavy atom. The van der Waals surface area contributed by atoms with Crippen molar-refractivity contribution in [1.82, 2.24) is 5.32 Å². The quantitative estimate of drug-likeness (QED) is 0.811. The van der Waals surface area contributed by atoms with Crippen molar-refractivity contribution in [2.45, 2.75) is 39.3 Å². The Kier molecular flexibility index (Phi) is 3.70. The number of carbonyl (C=O) groups is 1. The fourth-order valence-corrected chi connectivity index (χ4v) is 1.76. The van der Waals surface area contributed by atoms with Gasteiger partial charge >= 0.3 is 0 Å². The van der Waals surface area contributed by atoms with E-state index in [0.29, 0.717) is 0 Å². The van der Waals surface area contributed by atoms with E-state index in [9.17, 15) is 4.79 Å². The number of hydrogen-bond acceptors (Lipinski definition) is 2. The van der Waals surface area contributed by atoms with Crippen molar-refractivity contribution < 1.29 is 4.79 Å². The van der Waals surface area contributed by atoms with Crippen LogP contribution in [0.2, 0.25) is 0 Å². The Labute approximate surface area is 97.0 Å². The number of nitrogens with two attached hydrogens (primary N) is 1. The number of hydrogen-bond donors (Lipinski definition) is 2. The van der Waals surface area contributed by atoms with Crippen LogP contribution in [0.1, 0.15) is 31.9 Å². The molecule has 0 heterocycles. The molecule has 0 saturated heterocycles. The number of benzene rings is 1. The van der Waals surface area contributed by atoms with Gasteiger partial charge in [0.05, 0.1) is 0 Å². The summed E-state index contributed by atoms with van der Waals surface area (Å²) < 4.78 is 0. The molecule has 0 fully saturated rings. The van der Waals surface area contributed by atoms with Crippen LogP contribution in [0.4, 0.5) is 0 Å². The van der Waals surface area contributed by atoms with E-state index in [4.69, 9.17) is 5.73 Å². The minimum atomic E-state index is -0.804. The molecular weight excluding hydrogens is 200 g/mol. The standard InChI is InChI=1S/C13H20N2O/c1-9(2)15-13(4,12(14)16)11-7-5-10(3)6-8-11/h5-9,15H,1-4H3,(H2,14,16). The first kappa shape index (κ1) is 12.7. The number of nitrogens with one attached hydrogen (secondary N) is 1. The van der Waals surface area contributed by atoms with Gasteiger partial charge in [-0.25, -0.2) is 0 Å². The fourth-order valence-electron chi connectivity index (χ4n) is 1.76. The minimum Gasteiger partial charge on any atom is -0.368 e. The van der Waals surface area contributed by atoms with Crippen LogP contribution in [-0.2, 0) is 10.3 Å². The average molecular weight is 220 g/mol. The Hall–Kier alpha value is -1.35. The zero-order valence-electron chi connectivity index (χ0n) is 10.4. The average Bonchev–Trinajstić information content (AvgIpc) is 2.17. The first-order chi connectivity index (χ1) is 7.36. The molecule has 0 aliphatic rings. The smallest absolute Gasteiger partial charge is 0.242 e. The largest absolute Gasteiger partial charge is 0.368 e. The summed E-state index contributed by atoms with van der Waals surface area (Å²) in [5.74, 6) is -0.356. The molecule has 1 rings (SSSR count). The summed E-state index contributed by atoms with van der Waals surface area (Å²) in [4.78, 5) is 11.6. The van der Waals surface area contributed by atoms with Crippen LogP contribution >= 0.6 is 0 Å². The van der Waals surface area contributed by atoms with Crippen LogP contribution in [0.25, 0.3) is 0 Å². The molecule has 1 aromatic rings. The van der Waals surface area contributed by atoms with Crippen molar-refractivity contribution in [2.75, 3.05) is 0 Å². The molecule has 1 aromatic carbocycles. The zero-order valence-corrected chi connectivity index (χ0v) is 10.4. The summed E-state index contributed by atoms with van der Waals surface area (Å²) in [7, 11) is 0. The van der Waals surface area contributed by atoms with E-state index in [-0.39, 0.29) is 11.9 Å². The topological polar surface area (TPSA) is 55.1 Å². The second-order valence-corrected chi connectivity index (χ2v) is 4.65. The van der Waals surface area contributed by atoms with Crippen LogP contribution in [-0.4, -0.2) is 11.9 Å². The highest BCUT2D eigenvalue weighted by Crippen LogP contribution is 2.21. The van der Waals surface area contributed by atoms with E-state index in [1.165, 1.54) is 5.56 Å². The van der Waals surface area contributed by atoms with Crippen LogP contribution < -0.4 is 11.1 Å². The molecule has 16 heavy (non-hydrogen) atoms. The van der Waals surface area contributed by atoms with E-state index < -0.39 is 5.54 Å². The van der Waals surface area contributed by atoms with E-state index in [2.05, 4.69) is 5.32 Å². The van der Waals surface area contributed by atoms with Gasteiger partial charge in [-0.05, 0) is 33.3 Å². The summed E-state index contributed by atoms with van der Waals surface area (Å²) in [5.41, 5.74) is 6.75. The van der Waals surface area contributed by atoms with Crippen molar-refractivity contribution in [3.63, 3.8) is 0 Å². The number of aryl methyl sites for hydroxylation is 1. The first-order valence-electron chi connectivity index (χ1n) is 5.51. The summed E-state index contributed by atoms with van der Waals surface area (Å²) in [6, 6.07) is 8.04. The van der Waals surface area contributed by atoms with Gasteiger partial charge in [0.15, 0.2) is 0 Å². The maximum atomic E-state index is 11.6. The van der Waals surface area contributed by atoms with Gasteiger partial charge < -0.3 is 5.73 Å². The molecule has 3 heteroatoms. The number of amides is 1. The Morgan fingerprint density at radius 3 is 2.19 bits per heavy atom. The molecule has 0 spiro atoms. The SMILES string of the molecule is Cc1ccc(C(C)(NC(C)C)C(N)=O)cc1. The van der Waals surface area contributed by atoms with Gasteiger partial charge in [0.1, 0.15) is 5.54 Å². The normalized spacial score (nSPS) is 14.8. The maximum Gasteiger partial charge on any atom is 0.242 e. The lowest BCUT2D eigenvalue weighted by molar-refractivity contribution is -0.124. The van der Waals surface area contributed by atoms with Gasteiger partial charge in [-0.1, -0.05) is 29.8 Å².